The van der Waals surface area contributed by atoms with Gasteiger partial charge in [0.05, 0.1) is 5.69 Å². The third-order valence-corrected chi connectivity index (χ3v) is 5.05. The molecule has 0 aliphatic carbocycles. The summed E-state index contributed by atoms with van der Waals surface area (Å²) in [6.07, 6.45) is 3.21. The summed E-state index contributed by atoms with van der Waals surface area (Å²) in [7, 11) is 1.77. The molecule has 2 aromatic carbocycles. The van der Waals surface area contributed by atoms with Crippen LogP contribution >= 0.6 is 47.3 Å². The first-order chi connectivity index (χ1) is 13.2. The molecular weight excluding hydrogens is 507 g/mol. The fraction of sp³-hybridized carbons (Fsp3) is 0.211. The van der Waals surface area contributed by atoms with Gasteiger partial charge in [0, 0.05) is 35.8 Å². The summed E-state index contributed by atoms with van der Waals surface area (Å²) in [5.74, 6) is 1.72. The van der Waals surface area contributed by atoms with Crippen molar-refractivity contribution in [3.05, 3.63) is 71.8 Å². The maximum absolute atomic E-state index is 5.90. The Morgan fingerprint density at radius 1 is 1.11 bits per heavy atom. The molecule has 6 nitrogen and oxygen atoms in total. The highest BCUT2D eigenvalue weighted by Gasteiger charge is 2.01. The molecular formula is C19H22ClIN6S. The maximum atomic E-state index is 5.90. The molecule has 0 amide bonds. The Kier molecular flexibility index (Phi) is 9.59. The molecule has 0 atom stereocenters. The number of benzene rings is 2. The monoisotopic (exact) mass is 528 g/mol. The average Bonchev–Trinajstić information content (AvgIpc) is 3.24. The Morgan fingerprint density at radius 2 is 1.86 bits per heavy atom. The van der Waals surface area contributed by atoms with Gasteiger partial charge in [-0.2, -0.15) is 5.10 Å². The Morgan fingerprint density at radius 3 is 2.50 bits per heavy atom. The van der Waals surface area contributed by atoms with Crippen molar-refractivity contribution in [2.45, 2.75) is 11.4 Å². The highest BCUT2D eigenvalue weighted by molar-refractivity contribution is 14.0. The van der Waals surface area contributed by atoms with Gasteiger partial charge in [0.15, 0.2) is 5.96 Å². The van der Waals surface area contributed by atoms with E-state index in [-0.39, 0.29) is 24.0 Å². The minimum atomic E-state index is 0. The van der Waals surface area contributed by atoms with Crippen molar-refractivity contribution in [1.82, 2.24) is 25.4 Å². The molecule has 0 saturated carbocycles. The van der Waals surface area contributed by atoms with E-state index in [0.717, 1.165) is 34.5 Å². The molecule has 3 rings (SSSR count). The van der Waals surface area contributed by atoms with Gasteiger partial charge in [0.1, 0.15) is 12.7 Å². The van der Waals surface area contributed by atoms with Gasteiger partial charge in [0.25, 0.3) is 0 Å². The summed E-state index contributed by atoms with van der Waals surface area (Å²) in [4.78, 5) is 9.43. The quantitative estimate of drug-likeness (QED) is 0.160. The van der Waals surface area contributed by atoms with Crippen LogP contribution < -0.4 is 10.6 Å². The van der Waals surface area contributed by atoms with Crippen molar-refractivity contribution in [1.29, 1.82) is 0 Å². The van der Waals surface area contributed by atoms with Gasteiger partial charge in [-0.25, -0.2) is 9.67 Å². The van der Waals surface area contributed by atoms with E-state index in [0.29, 0.717) is 6.54 Å². The van der Waals surface area contributed by atoms with E-state index in [1.165, 1.54) is 11.2 Å². The number of hydrogen-bond acceptors (Lipinski definition) is 4. The van der Waals surface area contributed by atoms with Gasteiger partial charge in [-0.3, -0.25) is 4.99 Å². The number of thioether (sulfide) groups is 1. The highest BCUT2D eigenvalue weighted by Crippen LogP contribution is 2.19. The second kappa shape index (κ2) is 11.9. The van der Waals surface area contributed by atoms with Gasteiger partial charge in [-0.15, -0.1) is 35.7 Å². The van der Waals surface area contributed by atoms with Crippen molar-refractivity contribution in [3.8, 4) is 5.69 Å². The number of guanidine groups is 1. The molecule has 9 heteroatoms. The fourth-order valence-electron chi connectivity index (χ4n) is 2.38. The van der Waals surface area contributed by atoms with Crippen LogP contribution in [0.4, 0.5) is 0 Å². The molecule has 0 radical (unpaired) electrons. The predicted molar refractivity (Wildman–Crippen MR) is 127 cm³/mol. The maximum Gasteiger partial charge on any atom is 0.191 e. The van der Waals surface area contributed by atoms with E-state index in [2.05, 4.69) is 37.8 Å². The lowest BCUT2D eigenvalue weighted by atomic mass is 10.2. The number of nitrogens with one attached hydrogen (secondary N) is 2. The molecule has 28 heavy (non-hydrogen) atoms. The zero-order valence-electron chi connectivity index (χ0n) is 15.4. The highest BCUT2D eigenvalue weighted by atomic mass is 127. The van der Waals surface area contributed by atoms with E-state index >= 15 is 0 Å². The summed E-state index contributed by atoms with van der Waals surface area (Å²) in [5, 5.41) is 11.5. The number of rotatable bonds is 7. The summed E-state index contributed by atoms with van der Waals surface area (Å²) in [6.45, 7) is 1.51. The van der Waals surface area contributed by atoms with E-state index in [1.807, 2.05) is 36.4 Å². The SMILES string of the molecule is CN=C(NCCSc1ccc(Cl)cc1)NCc1ccc(-n2cncn2)cc1.I. The first-order valence-corrected chi connectivity index (χ1v) is 9.88. The normalized spacial score (nSPS) is 11.0. The van der Waals surface area contributed by atoms with Crippen LogP contribution in [0.1, 0.15) is 5.56 Å². The standard InChI is InChI=1S/C19H21ClN6S.HI/c1-21-19(23-10-11-27-18-8-4-16(20)5-9-18)24-12-15-2-6-17(7-3-15)26-14-22-13-25-26;/h2-9,13-14H,10-12H2,1H3,(H2,21,23,24);1H. The minimum Gasteiger partial charge on any atom is -0.356 e. The van der Waals surface area contributed by atoms with Crippen molar-refractivity contribution in [3.63, 3.8) is 0 Å². The zero-order chi connectivity index (χ0) is 18.9. The number of halogens is 2. The van der Waals surface area contributed by atoms with Crippen LogP contribution in [0.15, 0.2) is 71.1 Å². The van der Waals surface area contributed by atoms with Crippen LogP contribution in [-0.4, -0.2) is 40.1 Å². The lowest BCUT2D eigenvalue weighted by Gasteiger charge is -2.12. The number of aromatic nitrogens is 3. The van der Waals surface area contributed by atoms with Crippen molar-refractivity contribution in [2.75, 3.05) is 19.3 Å². The van der Waals surface area contributed by atoms with Crippen LogP contribution in [-0.2, 0) is 6.54 Å². The molecule has 1 aromatic heterocycles. The molecule has 0 unspecified atom stereocenters. The largest absolute Gasteiger partial charge is 0.356 e. The Hall–Kier alpha value is -1.78. The molecule has 2 N–H and O–H groups in total. The second-order valence-electron chi connectivity index (χ2n) is 5.66. The third kappa shape index (κ3) is 6.99. The number of nitrogens with zero attached hydrogens (tertiary/aromatic N) is 4. The van der Waals surface area contributed by atoms with Gasteiger partial charge in [0.2, 0.25) is 0 Å². The lowest BCUT2D eigenvalue weighted by Crippen LogP contribution is -2.37. The molecule has 0 aliphatic rings. The van der Waals surface area contributed by atoms with E-state index < -0.39 is 0 Å². The second-order valence-corrected chi connectivity index (χ2v) is 7.27. The van der Waals surface area contributed by atoms with Crippen molar-refractivity contribution in [2.24, 2.45) is 4.99 Å². The van der Waals surface area contributed by atoms with Crippen LogP contribution in [0.5, 0.6) is 0 Å². The predicted octanol–water partition coefficient (Wildman–Crippen LogP) is 4.00. The molecule has 0 fully saturated rings. The topological polar surface area (TPSA) is 67.1 Å². The van der Waals surface area contributed by atoms with E-state index in [1.54, 1.807) is 29.8 Å². The molecule has 0 saturated heterocycles. The van der Waals surface area contributed by atoms with E-state index in [9.17, 15) is 0 Å². The van der Waals surface area contributed by atoms with Gasteiger partial charge in [-0.05, 0) is 42.0 Å². The van der Waals surface area contributed by atoms with Crippen molar-refractivity contribution >= 4 is 53.3 Å². The minimum absolute atomic E-state index is 0. The fourth-order valence-corrected chi connectivity index (χ4v) is 3.28. The van der Waals surface area contributed by atoms with Gasteiger partial charge in [-0.1, -0.05) is 23.7 Å². The lowest BCUT2D eigenvalue weighted by molar-refractivity contribution is 0.830. The van der Waals surface area contributed by atoms with Crippen LogP contribution in [0, 0.1) is 0 Å². The Balaban J connectivity index is 0.00000280. The van der Waals surface area contributed by atoms with Gasteiger partial charge < -0.3 is 10.6 Å². The van der Waals surface area contributed by atoms with Crippen LogP contribution in [0.25, 0.3) is 5.69 Å². The van der Waals surface area contributed by atoms with Crippen molar-refractivity contribution < 1.29 is 0 Å². The molecule has 0 aliphatic heterocycles. The Labute approximate surface area is 191 Å². The number of aliphatic imine (C=N–C) groups is 1. The van der Waals surface area contributed by atoms with Crippen LogP contribution in [0.3, 0.4) is 0 Å². The Bertz CT molecular complexity index is 853. The smallest absolute Gasteiger partial charge is 0.191 e. The van der Waals surface area contributed by atoms with E-state index in [4.69, 9.17) is 11.6 Å². The zero-order valence-corrected chi connectivity index (χ0v) is 19.3. The summed E-state index contributed by atoms with van der Waals surface area (Å²) in [5.41, 5.74) is 2.15. The van der Waals surface area contributed by atoms with Gasteiger partial charge >= 0.3 is 0 Å². The molecule has 0 bridgehead atoms. The molecule has 1 heterocycles. The first kappa shape index (κ1) is 22.5. The average molecular weight is 529 g/mol. The number of hydrogen-bond donors (Lipinski definition) is 2. The summed E-state index contributed by atoms with van der Waals surface area (Å²) >= 11 is 7.68. The summed E-state index contributed by atoms with van der Waals surface area (Å²) < 4.78 is 1.73. The molecule has 148 valence electrons. The summed E-state index contributed by atoms with van der Waals surface area (Å²) in [6, 6.07) is 16.0. The third-order valence-electron chi connectivity index (χ3n) is 3.78. The molecule has 3 aromatic rings. The van der Waals surface area contributed by atoms with Crippen LogP contribution in [0.2, 0.25) is 5.02 Å². The molecule has 0 spiro atoms. The first-order valence-electron chi connectivity index (χ1n) is 8.51.